The van der Waals surface area contributed by atoms with Gasteiger partial charge in [0.1, 0.15) is 11.5 Å². The van der Waals surface area contributed by atoms with E-state index in [2.05, 4.69) is 31.2 Å². The van der Waals surface area contributed by atoms with Crippen molar-refractivity contribution < 1.29 is 9.13 Å². The van der Waals surface area contributed by atoms with Crippen LogP contribution in [-0.2, 0) is 0 Å². The second-order valence-electron chi connectivity index (χ2n) is 4.11. The molecule has 0 aliphatic heterocycles. The predicted octanol–water partition coefficient (Wildman–Crippen LogP) is 3.09. The first kappa shape index (κ1) is 14.9. The van der Waals surface area contributed by atoms with Crippen LogP contribution in [0, 0.1) is 5.82 Å². The maximum absolute atomic E-state index is 14.2. The molecule has 0 saturated carbocycles. The van der Waals surface area contributed by atoms with Crippen LogP contribution in [-0.4, -0.2) is 23.6 Å². The van der Waals surface area contributed by atoms with E-state index in [1.165, 1.54) is 13.2 Å². The summed E-state index contributed by atoms with van der Waals surface area (Å²) in [6, 6.07) is 4.55. The Morgan fingerprint density at radius 1 is 1.35 bits per heavy atom. The Morgan fingerprint density at radius 3 is 2.75 bits per heavy atom. The van der Waals surface area contributed by atoms with Crippen molar-refractivity contribution in [3.8, 4) is 5.88 Å². The van der Waals surface area contributed by atoms with Crippen molar-refractivity contribution in [2.45, 2.75) is 13.0 Å². The first-order valence-electron chi connectivity index (χ1n) is 6.20. The van der Waals surface area contributed by atoms with Crippen LogP contribution in [0.1, 0.15) is 24.2 Å². The van der Waals surface area contributed by atoms with E-state index in [9.17, 15) is 4.39 Å². The summed E-state index contributed by atoms with van der Waals surface area (Å²) >= 11 is 3.26. The number of nitrogens with zero attached hydrogens (tertiary/aromatic N) is 2. The van der Waals surface area contributed by atoms with Crippen LogP contribution in [0.4, 0.5) is 4.39 Å². The van der Waals surface area contributed by atoms with Crippen LogP contribution >= 0.6 is 15.9 Å². The van der Waals surface area contributed by atoms with Gasteiger partial charge in [0.15, 0.2) is 0 Å². The third-order valence-corrected chi connectivity index (χ3v) is 3.33. The summed E-state index contributed by atoms with van der Waals surface area (Å²) in [6.07, 6.45) is 3.11. The van der Waals surface area contributed by atoms with Gasteiger partial charge in [0.25, 0.3) is 0 Å². The molecule has 0 aliphatic carbocycles. The maximum Gasteiger partial charge on any atom is 0.237 e. The van der Waals surface area contributed by atoms with E-state index >= 15 is 0 Å². The highest BCUT2D eigenvalue weighted by Gasteiger charge is 2.22. The fraction of sp³-hybridized carbons (Fsp3) is 0.286. The minimum Gasteiger partial charge on any atom is -0.480 e. The van der Waals surface area contributed by atoms with Crippen molar-refractivity contribution in [1.82, 2.24) is 15.3 Å². The summed E-state index contributed by atoms with van der Waals surface area (Å²) in [6.45, 7) is 2.62. The average molecular weight is 340 g/mol. The molecule has 1 heterocycles. The van der Waals surface area contributed by atoms with Gasteiger partial charge in [-0.3, -0.25) is 4.98 Å². The number of ether oxygens (including phenoxy) is 1. The van der Waals surface area contributed by atoms with E-state index in [1.54, 1.807) is 24.5 Å². The van der Waals surface area contributed by atoms with Gasteiger partial charge < -0.3 is 10.1 Å². The van der Waals surface area contributed by atoms with E-state index in [0.29, 0.717) is 28.2 Å². The molecule has 1 aromatic heterocycles. The number of hydrogen-bond donors (Lipinski definition) is 1. The quantitative estimate of drug-likeness (QED) is 0.909. The maximum atomic E-state index is 14.2. The monoisotopic (exact) mass is 339 g/mol. The first-order valence-corrected chi connectivity index (χ1v) is 6.99. The molecule has 0 aliphatic rings. The Kier molecular flexibility index (Phi) is 5.03. The van der Waals surface area contributed by atoms with Gasteiger partial charge in [-0.15, -0.1) is 0 Å². The number of methoxy groups -OCH3 is 1. The third kappa shape index (κ3) is 3.13. The number of halogens is 2. The highest BCUT2D eigenvalue weighted by molar-refractivity contribution is 9.10. The van der Waals surface area contributed by atoms with Crippen molar-refractivity contribution >= 4 is 15.9 Å². The molecular weight excluding hydrogens is 325 g/mol. The zero-order chi connectivity index (χ0) is 14.5. The lowest BCUT2D eigenvalue weighted by Crippen LogP contribution is -2.24. The fourth-order valence-corrected chi connectivity index (χ4v) is 2.32. The van der Waals surface area contributed by atoms with E-state index < -0.39 is 6.04 Å². The number of rotatable bonds is 5. The number of hydrogen-bond acceptors (Lipinski definition) is 4. The smallest absolute Gasteiger partial charge is 0.237 e. The van der Waals surface area contributed by atoms with Crippen molar-refractivity contribution in [2.24, 2.45) is 0 Å². The molecule has 1 aromatic carbocycles. The predicted molar refractivity (Wildman–Crippen MR) is 78.2 cm³/mol. The Morgan fingerprint density at radius 2 is 2.10 bits per heavy atom. The second-order valence-corrected chi connectivity index (χ2v) is 5.02. The topological polar surface area (TPSA) is 47.0 Å². The van der Waals surface area contributed by atoms with E-state index in [0.717, 1.165) is 0 Å². The molecule has 2 aromatic rings. The summed E-state index contributed by atoms with van der Waals surface area (Å²) in [5.41, 5.74) is 1.08. The normalized spacial score (nSPS) is 12.2. The van der Waals surface area contributed by atoms with Gasteiger partial charge in [-0.1, -0.05) is 28.9 Å². The summed E-state index contributed by atoms with van der Waals surface area (Å²) < 4.78 is 20.1. The van der Waals surface area contributed by atoms with E-state index in [4.69, 9.17) is 4.74 Å². The van der Waals surface area contributed by atoms with Gasteiger partial charge in [0.05, 0.1) is 13.2 Å². The molecule has 2 rings (SSSR count). The molecule has 4 nitrogen and oxygen atoms in total. The lowest BCUT2D eigenvalue weighted by molar-refractivity contribution is 0.382. The Labute approximate surface area is 125 Å². The van der Waals surface area contributed by atoms with E-state index in [1.807, 2.05) is 6.92 Å². The fourth-order valence-electron chi connectivity index (χ4n) is 1.98. The van der Waals surface area contributed by atoms with Gasteiger partial charge in [0, 0.05) is 22.4 Å². The van der Waals surface area contributed by atoms with Gasteiger partial charge in [-0.2, -0.15) is 0 Å². The number of nitrogens with one attached hydrogen (secondary N) is 1. The molecular formula is C14H15BrFN3O. The minimum atomic E-state index is -0.406. The van der Waals surface area contributed by atoms with E-state index in [-0.39, 0.29) is 5.82 Å². The largest absolute Gasteiger partial charge is 0.480 e. The lowest BCUT2D eigenvalue weighted by atomic mass is 10.0. The van der Waals surface area contributed by atoms with Crippen LogP contribution in [0.5, 0.6) is 5.88 Å². The number of aromatic nitrogens is 2. The molecule has 0 bridgehead atoms. The standard InChI is InChI=1S/C14H15BrFN3O/c1-3-17-12(10-5-4-9(15)8-11(10)16)13-14(20-2)19-7-6-18-13/h4-8,12,17H,3H2,1-2H3. The molecule has 106 valence electrons. The zero-order valence-electron chi connectivity index (χ0n) is 11.2. The van der Waals surface area contributed by atoms with Crippen LogP contribution in [0.2, 0.25) is 0 Å². The van der Waals surface area contributed by atoms with Gasteiger partial charge in [0.2, 0.25) is 5.88 Å². The SMILES string of the molecule is CCNC(c1ccc(Br)cc1F)c1nccnc1OC. The molecule has 0 radical (unpaired) electrons. The van der Waals surface area contributed by atoms with Crippen molar-refractivity contribution in [3.63, 3.8) is 0 Å². The van der Waals surface area contributed by atoms with Gasteiger partial charge in [-0.05, 0) is 18.7 Å². The van der Waals surface area contributed by atoms with Crippen LogP contribution in [0.15, 0.2) is 35.1 Å². The lowest BCUT2D eigenvalue weighted by Gasteiger charge is -2.20. The van der Waals surface area contributed by atoms with Crippen molar-refractivity contribution in [1.29, 1.82) is 0 Å². The molecule has 1 N–H and O–H groups in total. The molecule has 0 spiro atoms. The summed E-state index contributed by atoms with van der Waals surface area (Å²) in [5, 5.41) is 3.21. The summed E-state index contributed by atoms with van der Waals surface area (Å²) in [4.78, 5) is 8.40. The van der Waals surface area contributed by atoms with Gasteiger partial charge >= 0.3 is 0 Å². The van der Waals surface area contributed by atoms with Crippen molar-refractivity contribution in [3.05, 3.63) is 52.1 Å². The molecule has 1 unspecified atom stereocenters. The molecule has 0 amide bonds. The first-order chi connectivity index (χ1) is 9.67. The average Bonchev–Trinajstić information content (AvgIpc) is 2.45. The highest BCUT2D eigenvalue weighted by Crippen LogP contribution is 2.29. The molecule has 1 atom stereocenters. The summed E-state index contributed by atoms with van der Waals surface area (Å²) in [7, 11) is 1.52. The van der Waals surface area contributed by atoms with Crippen LogP contribution in [0.25, 0.3) is 0 Å². The molecule has 6 heteroatoms. The second kappa shape index (κ2) is 6.76. The molecule has 20 heavy (non-hydrogen) atoms. The molecule has 0 fully saturated rings. The van der Waals surface area contributed by atoms with Crippen molar-refractivity contribution in [2.75, 3.05) is 13.7 Å². The van der Waals surface area contributed by atoms with Gasteiger partial charge in [-0.25, -0.2) is 9.37 Å². The van der Waals surface area contributed by atoms with Crippen LogP contribution in [0.3, 0.4) is 0 Å². The van der Waals surface area contributed by atoms with Crippen LogP contribution < -0.4 is 10.1 Å². The Bertz CT molecular complexity index is 594. The number of benzene rings is 1. The Hall–Kier alpha value is -1.53. The molecule has 0 saturated heterocycles. The third-order valence-electron chi connectivity index (χ3n) is 2.84. The minimum absolute atomic E-state index is 0.307. The Balaban J connectivity index is 2.50. The zero-order valence-corrected chi connectivity index (χ0v) is 12.8. The summed E-state index contributed by atoms with van der Waals surface area (Å²) in [5.74, 6) is 0.0822. The highest BCUT2D eigenvalue weighted by atomic mass is 79.9.